The maximum Gasteiger partial charge on any atom is 0.0968 e. The fraction of sp³-hybridized carbons (Fsp3) is 0.750. The summed E-state index contributed by atoms with van der Waals surface area (Å²) < 4.78 is 1.03. The van der Waals surface area contributed by atoms with Crippen molar-refractivity contribution in [3.63, 3.8) is 0 Å². The summed E-state index contributed by atoms with van der Waals surface area (Å²) in [6.07, 6.45) is 1.97. The van der Waals surface area contributed by atoms with E-state index in [2.05, 4.69) is 34.5 Å². The Morgan fingerprint density at radius 1 is 1.44 bits per heavy atom. The lowest BCUT2D eigenvalue weighted by molar-refractivity contribution is -0.905. The number of hydrogen-bond acceptors (Lipinski definition) is 0. The Balaban J connectivity index is 3.84. The minimum absolute atomic E-state index is 0.683. The van der Waals surface area contributed by atoms with Crippen LogP contribution in [0, 0.1) is 0 Å². The van der Waals surface area contributed by atoms with Gasteiger partial charge in [0, 0.05) is 0 Å². The van der Waals surface area contributed by atoms with E-state index >= 15 is 0 Å². The highest BCUT2D eigenvalue weighted by molar-refractivity contribution is 4.65. The minimum atomic E-state index is 0.683. The summed E-state index contributed by atoms with van der Waals surface area (Å²) in [5.41, 5.74) is 0. The molecule has 0 aliphatic carbocycles. The summed E-state index contributed by atoms with van der Waals surface area (Å²) in [5.74, 6) is 0. The van der Waals surface area contributed by atoms with Crippen molar-refractivity contribution in [1.29, 1.82) is 0 Å². The molecule has 0 saturated heterocycles. The third-order valence-corrected chi connectivity index (χ3v) is 2.00. The molecule has 1 nitrogen and oxygen atoms in total. The first-order valence-corrected chi connectivity index (χ1v) is 3.44. The van der Waals surface area contributed by atoms with Crippen LogP contribution >= 0.6 is 0 Å². The molecule has 0 amide bonds. The number of rotatable bonds is 3. The lowest BCUT2D eigenvalue weighted by Gasteiger charge is -2.32. The van der Waals surface area contributed by atoms with Crippen LogP contribution in [0.4, 0.5) is 0 Å². The molecule has 9 heavy (non-hydrogen) atoms. The van der Waals surface area contributed by atoms with Gasteiger partial charge >= 0.3 is 0 Å². The molecule has 0 aliphatic heterocycles. The quantitative estimate of drug-likeness (QED) is 0.400. The molecule has 0 spiro atoms. The van der Waals surface area contributed by atoms with Gasteiger partial charge in [-0.2, -0.15) is 0 Å². The second kappa shape index (κ2) is 3.02. The Morgan fingerprint density at radius 2 is 1.89 bits per heavy atom. The number of hydrogen-bond donors (Lipinski definition) is 0. The second-order valence-corrected chi connectivity index (χ2v) is 3.34. The van der Waals surface area contributed by atoms with Crippen molar-refractivity contribution in [2.75, 3.05) is 20.6 Å². The van der Waals surface area contributed by atoms with Crippen LogP contribution in [-0.2, 0) is 0 Å². The van der Waals surface area contributed by atoms with Crippen LogP contribution in [0.3, 0.4) is 0 Å². The first-order valence-electron chi connectivity index (χ1n) is 3.44. The molecule has 0 atom stereocenters. The molecule has 0 fully saturated rings. The Hall–Kier alpha value is -0.300. The van der Waals surface area contributed by atoms with Gasteiger partial charge in [0.15, 0.2) is 0 Å². The van der Waals surface area contributed by atoms with Crippen molar-refractivity contribution < 1.29 is 4.48 Å². The van der Waals surface area contributed by atoms with E-state index in [0.29, 0.717) is 6.04 Å². The van der Waals surface area contributed by atoms with Crippen LogP contribution in [0.5, 0.6) is 0 Å². The van der Waals surface area contributed by atoms with Gasteiger partial charge in [-0.1, -0.05) is 6.58 Å². The van der Waals surface area contributed by atoms with E-state index in [-0.39, 0.29) is 0 Å². The largest absolute Gasteiger partial charge is 0.323 e. The van der Waals surface area contributed by atoms with Crippen molar-refractivity contribution in [2.24, 2.45) is 0 Å². The predicted molar refractivity (Wildman–Crippen MR) is 42.3 cm³/mol. The summed E-state index contributed by atoms with van der Waals surface area (Å²) in [7, 11) is 4.43. The molecule has 0 aromatic heterocycles. The highest BCUT2D eigenvalue weighted by Gasteiger charge is 2.16. The average Bonchev–Trinajstić information content (AvgIpc) is 1.65. The molecule has 0 N–H and O–H groups in total. The number of quaternary nitrogens is 1. The fourth-order valence-corrected chi connectivity index (χ4v) is 0.544. The van der Waals surface area contributed by atoms with Crippen molar-refractivity contribution >= 4 is 0 Å². The van der Waals surface area contributed by atoms with Gasteiger partial charge < -0.3 is 4.48 Å². The smallest absolute Gasteiger partial charge is 0.0968 e. The van der Waals surface area contributed by atoms with E-state index in [9.17, 15) is 0 Å². The number of nitrogens with zero attached hydrogens (tertiary/aromatic N) is 1. The summed E-state index contributed by atoms with van der Waals surface area (Å²) in [5, 5.41) is 0. The lowest BCUT2D eigenvalue weighted by atomic mass is 10.3. The van der Waals surface area contributed by atoms with Crippen molar-refractivity contribution in [3.05, 3.63) is 12.7 Å². The standard InChI is InChI=1S/C8H18N/c1-6-7-9(4,5)8(2)3/h6,8H,1,7H2,2-5H3/q+1. The highest BCUT2D eigenvalue weighted by Crippen LogP contribution is 2.03. The summed E-state index contributed by atoms with van der Waals surface area (Å²) in [6.45, 7) is 9.22. The molecule has 0 aromatic carbocycles. The van der Waals surface area contributed by atoms with Gasteiger partial charge in [-0.3, -0.25) is 0 Å². The zero-order chi connectivity index (χ0) is 7.49. The van der Waals surface area contributed by atoms with E-state index in [4.69, 9.17) is 0 Å². The zero-order valence-electron chi connectivity index (χ0n) is 7.02. The second-order valence-electron chi connectivity index (χ2n) is 3.34. The number of likely N-dealkylation sites (N-methyl/N-ethyl adjacent to an activating group) is 1. The van der Waals surface area contributed by atoms with Crippen LogP contribution in [0.1, 0.15) is 13.8 Å². The third-order valence-electron chi connectivity index (χ3n) is 2.00. The highest BCUT2D eigenvalue weighted by atomic mass is 15.3. The molecule has 0 rings (SSSR count). The van der Waals surface area contributed by atoms with Crippen LogP contribution in [0.25, 0.3) is 0 Å². The van der Waals surface area contributed by atoms with Crippen LogP contribution in [0.2, 0.25) is 0 Å². The predicted octanol–water partition coefficient (Wildman–Crippen LogP) is 1.66. The van der Waals surface area contributed by atoms with Gasteiger partial charge in [-0.25, -0.2) is 0 Å². The first-order chi connectivity index (χ1) is 4.00. The molecule has 0 heterocycles. The SMILES string of the molecule is C=CC[N+](C)(C)C(C)C. The Bertz CT molecular complexity index is 92.7. The monoisotopic (exact) mass is 128 g/mol. The summed E-state index contributed by atoms with van der Waals surface area (Å²) >= 11 is 0. The Morgan fingerprint density at radius 3 is 2.00 bits per heavy atom. The van der Waals surface area contributed by atoms with Gasteiger partial charge in [0.25, 0.3) is 0 Å². The zero-order valence-corrected chi connectivity index (χ0v) is 7.02. The van der Waals surface area contributed by atoms with Crippen LogP contribution in [0.15, 0.2) is 12.7 Å². The van der Waals surface area contributed by atoms with Gasteiger partial charge in [0.1, 0.15) is 0 Å². The maximum atomic E-state index is 3.71. The molecule has 0 aromatic rings. The van der Waals surface area contributed by atoms with Crippen LogP contribution in [-0.4, -0.2) is 31.2 Å². The molecule has 0 saturated carbocycles. The van der Waals surface area contributed by atoms with Crippen molar-refractivity contribution in [1.82, 2.24) is 0 Å². The minimum Gasteiger partial charge on any atom is -0.323 e. The van der Waals surface area contributed by atoms with E-state index < -0.39 is 0 Å². The normalized spacial score (nSPS) is 12.1. The van der Waals surface area contributed by atoms with Crippen molar-refractivity contribution in [2.45, 2.75) is 19.9 Å². The lowest BCUT2D eigenvalue weighted by Crippen LogP contribution is -2.45. The summed E-state index contributed by atoms with van der Waals surface area (Å²) in [4.78, 5) is 0. The summed E-state index contributed by atoms with van der Waals surface area (Å²) in [6, 6.07) is 0.683. The van der Waals surface area contributed by atoms with Gasteiger partial charge in [0.05, 0.1) is 26.7 Å². The van der Waals surface area contributed by atoms with Gasteiger partial charge in [-0.05, 0) is 19.9 Å². The maximum absolute atomic E-state index is 3.71. The average molecular weight is 128 g/mol. The third kappa shape index (κ3) is 2.66. The van der Waals surface area contributed by atoms with Crippen LogP contribution < -0.4 is 0 Å². The molecular weight excluding hydrogens is 110 g/mol. The van der Waals surface area contributed by atoms with Gasteiger partial charge in [-0.15, -0.1) is 0 Å². The molecule has 0 radical (unpaired) electrons. The van der Waals surface area contributed by atoms with E-state index in [1.165, 1.54) is 0 Å². The van der Waals surface area contributed by atoms with E-state index in [1.54, 1.807) is 0 Å². The molecule has 0 aliphatic rings. The molecule has 1 heteroatoms. The Kier molecular flexibility index (Phi) is 2.92. The fourth-order valence-electron chi connectivity index (χ4n) is 0.544. The molecule has 54 valence electrons. The molecule has 0 bridgehead atoms. The molecular formula is C8H18N+. The first kappa shape index (κ1) is 8.70. The van der Waals surface area contributed by atoms with Crippen molar-refractivity contribution in [3.8, 4) is 0 Å². The molecule has 0 unspecified atom stereocenters. The van der Waals surface area contributed by atoms with E-state index in [1.807, 2.05) is 6.08 Å². The van der Waals surface area contributed by atoms with Gasteiger partial charge in [0.2, 0.25) is 0 Å². The Labute approximate surface area is 58.6 Å². The topological polar surface area (TPSA) is 0 Å². The van der Waals surface area contributed by atoms with E-state index in [0.717, 1.165) is 11.0 Å².